The normalized spacial score (nSPS) is 11.9. The predicted octanol–water partition coefficient (Wildman–Crippen LogP) is 3.81. The summed E-state index contributed by atoms with van der Waals surface area (Å²) in [7, 11) is 0. The fraction of sp³-hybridized carbons (Fsp3) is 0.217. The van der Waals surface area contributed by atoms with Crippen LogP contribution < -0.4 is 5.73 Å². The molecule has 0 aliphatic heterocycles. The monoisotopic (exact) mass is 454 g/mol. The van der Waals surface area contributed by atoms with Crippen LogP contribution in [0.2, 0.25) is 0 Å². The third kappa shape index (κ3) is 5.12. The van der Waals surface area contributed by atoms with Gasteiger partial charge in [-0.2, -0.15) is 0 Å². The number of allylic oxidation sites excluding steroid dienone is 1. The van der Waals surface area contributed by atoms with E-state index in [4.69, 9.17) is 5.73 Å². The molecule has 3 N–H and O–H groups in total. The number of nitrogens with two attached hydrogens (primary N) is 1. The van der Waals surface area contributed by atoms with Crippen molar-refractivity contribution in [2.24, 2.45) is 0 Å². The molecule has 0 atom stereocenters. The number of aliphatic hydroxyl groups is 1. The summed E-state index contributed by atoms with van der Waals surface area (Å²) in [5.74, 6) is 0.377. The Kier molecular flexibility index (Phi) is 7.55. The third-order valence-corrected chi connectivity index (χ3v) is 6.12. The Morgan fingerprint density at radius 1 is 1.25 bits per heavy atom. The van der Waals surface area contributed by atoms with Gasteiger partial charge in [-0.05, 0) is 43.1 Å². The largest absolute Gasteiger partial charge is 0.396 e. The number of thioether (sulfide) groups is 1. The van der Waals surface area contributed by atoms with Crippen LogP contribution in [0.1, 0.15) is 35.1 Å². The molecule has 3 rings (SSSR count). The second-order valence-electron chi connectivity index (χ2n) is 7.07. The fourth-order valence-corrected chi connectivity index (χ4v) is 4.20. The smallest absolute Gasteiger partial charge is 0.224 e. The molecule has 0 radical (unpaired) electrons. The molecule has 0 bridgehead atoms. The number of aliphatic hydroxyl groups excluding tert-OH is 1. The summed E-state index contributed by atoms with van der Waals surface area (Å²) in [6, 6.07) is 9.45. The Morgan fingerprint density at radius 2 is 1.97 bits per heavy atom. The fourth-order valence-electron chi connectivity index (χ4n) is 3.23. The van der Waals surface area contributed by atoms with Gasteiger partial charge >= 0.3 is 0 Å². The number of fused-ring (bicyclic) bond motifs is 1. The number of anilines is 1. The van der Waals surface area contributed by atoms with Crippen LogP contribution in [0.25, 0.3) is 10.8 Å². The van der Waals surface area contributed by atoms with Gasteiger partial charge in [0.1, 0.15) is 17.5 Å². The van der Waals surface area contributed by atoms with Gasteiger partial charge in [-0.3, -0.25) is 9.59 Å². The average molecular weight is 455 g/mol. The highest BCUT2D eigenvalue weighted by molar-refractivity contribution is 8.17. The second-order valence-corrected chi connectivity index (χ2v) is 8.14. The Hall–Kier alpha value is -3.30. The van der Waals surface area contributed by atoms with Gasteiger partial charge in [-0.25, -0.2) is 14.4 Å². The Morgan fingerprint density at radius 3 is 2.62 bits per heavy atom. The first-order chi connectivity index (χ1) is 15.3. The van der Waals surface area contributed by atoms with Crippen LogP contribution in [0, 0.1) is 12.7 Å². The molecule has 0 spiro atoms. The molecule has 0 aliphatic carbocycles. The Labute approximate surface area is 189 Å². The van der Waals surface area contributed by atoms with E-state index in [2.05, 4.69) is 9.97 Å². The van der Waals surface area contributed by atoms with Crippen molar-refractivity contribution in [3.8, 4) is 0 Å². The van der Waals surface area contributed by atoms with Gasteiger partial charge in [-0.1, -0.05) is 24.3 Å². The summed E-state index contributed by atoms with van der Waals surface area (Å²) in [4.78, 5) is 35.0. The summed E-state index contributed by atoms with van der Waals surface area (Å²) >= 11 is 0.907. The van der Waals surface area contributed by atoms with E-state index in [1.807, 2.05) is 0 Å². The number of carbonyl (C=O) groups excluding carboxylic acids is 2. The first kappa shape index (κ1) is 23.4. The van der Waals surface area contributed by atoms with E-state index < -0.39 is 5.82 Å². The van der Waals surface area contributed by atoms with E-state index in [0.717, 1.165) is 11.8 Å². The molecule has 9 heteroatoms. The number of carbonyl (C=O) groups is 2. The van der Waals surface area contributed by atoms with Crippen molar-refractivity contribution in [3.63, 3.8) is 0 Å². The van der Waals surface area contributed by atoms with Crippen molar-refractivity contribution in [1.82, 2.24) is 14.9 Å². The van der Waals surface area contributed by atoms with Crippen molar-refractivity contribution in [3.05, 3.63) is 76.0 Å². The second kappa shape index (κ2) is 10.3. The summed E-state index contributed by atoms with van der Waals surface area (Å²) in [6.45, 7) is 3.31. The van der Waals surface area contributed by atoms with Gasteiger partial charge in [0.15, 0.2) is 0 Å². The number of halogens is 1. The first-order valence-electron chi connectivity index (χ1n) is 9.85. The topological polar surface area (TPSA) is 109 Å². The number of nitrogens with zero attached hydrogens (tertiary/aromatic N) is 3. The number of rotatable bonds is 8. The molecule has 166 valence electrons. The zero-order chi connectivity index (χ0) is 23.3. The van der Waals surface area contributed by atoms with Crippen molar-refractivity contribution in [1.29, 1.82) is 0 Å². The summed E-state index contributed by atoms with van der Waals surface area (Å²) in [5.41, 5.74) is 7.35. The number of hydrogen-bond acceptors (Lipinski definition) is 7. The standard InChI is InChI=1S/C23H23FN4O3S/c1-14(28(13-30)12-16-11-26-15(2)27-22(16)25)21(9-10-29)32-23(31)19-7-8-20(24)18-6-4-3-5-17(18)19/h3-8,11,13,29H,9-10,12H2,1-2H3,(H2,25,26,27). The number of aryl methyl sites for hydroxylation is 1. The average Bonchev–Trinajstić information content (AvgIpc) is 2.78. The minimum atomic E-state index is -0.408. The molecule has 0 saturated carbocycles. The van der Waals surface area contributed by atoms with Crippen LogP contribution in [-0.4, -0.2) is 38.1 Å². The van der Waals surface area contributed by atoms with E-state index in [1.54, 1.807) is 44.3 Å². The maximum Gasteiger partial charge on any atom is 0.224 e. The zero-order valence-corrected chi connectivity index (χ0v) is 18.5. The molecule has 0 aliphatic rings. The molecule has 3 aromatic rings. The van der Waals surface area contributed by atoms with E-state index >= 15 is 0 Å². The molecule has 2 aromatic carbocycles. The molecule has 0 saturated heterocycles. The zero-order valence-electron chi connectivity index (χ0n) is 17.7. The molecule has 1 aromatic heterocycles. The first-order valence-corrected chi connectivity index (χ1v) is 10.7. The van der Waals surface area contributed by atoms with Crippen LogP contribution in [0.5, 0.6) is 0 Å². The summed E-state index contributed by atoms with van der Waals surface area (Å²) in [5, 5.41) is 10.1. The molecule has 0 fully saturated rings. The molecule has 1 heterocycles. The SMILES string of the molecule is CC(=C(CCO)SC(=O)c1ccc(F)c2ccccc12)N(C=O)Cc1cnc(C)nc1N. The van der Waals surface area contributed by atoms with Crippen LogP contribution in [0.15, 0.2) is 53.2 Å². The van der Waals surface area contributed by atoms with Crippen molar-refractivity contribution >= 4 is 39.9 Å². The number of benzene rings is 2. The number of amides is 1. The van der Waals surface area contributed by atoms with Gasteiger partial charge < -0.3 is 15.7 Å². The van der Waals surface area contributed by atoms with Crippen LogP contribution in [-0.2, 0) is 11.3 Å². The molecular weight excluding hydrogens is 431 g/mol. The summed E-state index contributed by atoms with van der Waals surface area (Å²) < 4.78 is 14.1. The van der Waals surface area contributed by atoms with Gasteiger partial charge in [0.25, 0.3) is 0 Å². The van der Waals surface area contributed by atoms with E-state index in [9.17, 15) is 19.1 Å². The van der Waals surface area contributed by atoms with Gasteiger partial charge in [0.05, 0.1) is 6.54 Å². The lowest BCUT2D eigenvalue weighted by Crippen LogP contribution is -2.22. The molecular formula is C23H23FN4O3S. The Balaban J connectivity index is 1.92. The minimum Gasteiger partial charge on any atom is -0.396 e. The molecule has 1 amide bonds. The predicted molar refractivity (Wildman–Crippen MR) is 123 cm³/mol. The maximum atomic E-state index is 14.1. The highest BCUT2D eigenvalue weighted by Gasteiger charge is 2.19. The minimum absolute atomic E-state index is 0.116. The van der Waals surface area contributed by atoms with Crippen molar-refractivity contribution in [2.45, 2.75) is 26.8 Å². The lowest BCUT2D eigenvalue weighted by molar-refractivity contribution is -0.116. The van der Waals surface area contributed by atoms with Crippen molar-refractivity contribution in [2.75, 3.05) is 12.3 Å². The molecule has 7 nitrogen and oxygen atoms in total. The highest BCUT2D eigenvalue weighted by atomic mass is 32.2. The number of aromatic nitrogens is 2. The Bertz CT molecular complexity index is 1200. The highest BCUT2D eigenvalue weighted by Crippen LogP contribution is 2.32. The van der Waals surface area contributed by atoms with Crippen LogP contribution in [0.4, 0.5) is 10.2 Å². The summed E-state index contributed by atoms with van der Waals surface area (Å²) in [6.07, 6.45) is 2.35. The van der Waals surface area contributed by atoms with E-state index in [1.165, 1.54) is 17.0 Å². The van der Waals surface area contributed by atoms with E-state index in [0.29, 0.717) is 44.7 Å². The molecule has 32 heavy (non-hydrogen) atoms. The number of nitrogen functional groups attached to an aromatic ring is 1. The van der Waals surface area contributed by atoms with Gasteiger partial charge in [-0.15, -0.1) is 0 Å². The maximum absolute atomic E-state index is 14.1. The van der Waals surface area contributed by atoms with Crippen molar-refractivity contribution < 1.29 is 19.1 Å². The lowest BCUT2D eigenvalue weighted by atomic mass is 10.1. The van der Waals surface area contributed by atoms with Gasteiger partial charge in [0.2, 0.25) is 11.5 Å². The van der Waals surface area contributed by atoms with Crippen LogP contribution in [0.3, 0.4) is 0 Å². The quantitative estimate of drug-likeness (QED) is 0.498. The van der Waals surface area contributed by atoms with Crippen LogP contribution >= 0.6 is 11.8 Å². The number of hydrogen-bond donors (Lipinski definition) is 2. The third-order valence-electron chi connectivity index (χ3n) is 4.97. The van der Waals surface area contributed by atoms with E-state index in [-0.39, 0.29) is 30.5 Å². The van der Waals surface area contributed by atoms with Gasteiger partial charge in [0, 0.05) is 46.3 Å². The lowest BCUT2D eigenvalue weighted by Gasteiger charge is -2.22. The molecule has 0 unspecified atom stereocenters.